The Morgan fingerprint density at radius 2 is 1.93 bits per heavy atom. The molecule has 4 heteroatoms. The van der Waals surface area contributed by atoms with E-state index in [0.717, 1.165) is 22.2 Å². The number of H-pyrrole nitrogens is 1. The second-order valence-corrected chi connectivity index (χ2v) is 11.3. The van der Waals surface area contributed by atoms with Crippen LogP contribution in [0.1, 0.15) is 57.9 Å². The summed E-state index contributed by atoms with van der Waals surface area (Å²) < 4.78 is 0. The maximum absolute atomic E-state index is 12.9. The number of aromatic amines is 1. The summed E-state index contributed by atoms with van der Waals surface area (Å²) in [4.78, 5) is 3.63. The van der Waals surface area contributed by atoms with Crippen LogP contribution < -0.4 is 0 Å². The fourth-order valence-electron chi connectivity index (χ4n) is 6.84. The third-order valence-corrected chi connectivity index (χ3v) is 9.45. The molecule has 0 bridgehead atoms. The quantitative estimate of drug-likeness (QED) is 0.450. The predicted octanol–water partition coefficient (Wildman–Crippen LogP) is 5.82. The Labute approximate surface area is 183 Å². The third-order valence-electron chi connectivity index (χ3n) is 8.81. The molecule has 5 rings (SSSR count). The second kappa shape index (κ2) is 5.42. The summed E-state index contributed by atoms with van der Waals surface area (Å²) in [7, 11) is 0. The fraction of sp³-hybridized carbons (Fsp3) is 0.500. The van der Waals surface area contributed by atoms with E-state index in [4.69, 9.17) is 11.6 Å². The van der Waals surface area contributed by atoms with E-state index >= 15 is 0 Å². The van der Waals surface area contributed by atoms with Crippen molar-refractivity contribution in [3.8, 4) is 6.07 Å². The lowest BCUT2D eigenvalue weighted by molar-refractivity contribution is -0.174. The van der Waals surface area contributed by atoms with E-state index in [2.05, 4.69) is 69.6 Å². The average Bonchev–Trinajstić information content (AvgIpc) is 3.08. The molecular weight excluding hydrogens is 392 g/mol. The van der Waals surface area contributed by atoms with Gasteiger partial charge in [-0.05, 0) is 23.5 Å². The van der Waals surface area contributed by atoms with E-state index in [0.29, 0.717) is 6.42 Å². The van der Waals surface area contributed by atoms with Crippen molar-refractivity contribution >= 4 is 22.5 Å². The minimum Gasteiger partial charge on any atom is -0.383 e. The highest BCUT2D eigenvalue weighted by Gasteiger charge is 2.73. The van der Waals surface area contributed by atoms with Crippen LogP contribution in [0.15, 0.2) is 43.0 Å². The van der Waals surface area contributed by atoms with Gasteiger partial charge in [0.05, 0.1) is 6.07 Å². The number of rotatable bonds is 1. The summed E-state index contributed by atoms with van der Waals surface area (Å²) in [6, 6.07) is 8.91. The van der Waals surface area contributed by atoms with Crippen molar-refractivity contribution in [2.45, 2.75) is 62.8 Å². The first-order valence-corrected chi connectivity index (χ1v) is 11.1. The number of alkyl halides is 1. The molecule has 1 heterocycles. The van der Waals surface area contributed by atoms with E-state index in [9.17, 15) is 10.4 Å². The fourth-order valence-corrected chi connectivity index (χ4v) is 7.27. The van der Waals surface area contributed by atoms with Crippen LogP contribution in [0.2, 0.25) is 0 Å². The number of aliphatic hydroxyl groups is 1. The molecule has 1 fully saturated rings. The third kappa shape index (κ3) is 1.80. The molecule has 5 atom stereocenters. The molecule has 2 N–H and O–H groups in total. The summed E-state index contributed by atoms with van der Waals surface area (Å²) in [5.41, 5.74) is -0.0747. The summed E-state index contributed by atoms with van der Waals surface area (Å²) in [6.45, 7) is 14.7. The van der Waals surface area contributed by atoms with Gasteiger partial charge in [0.15, 0.2) is 0 Å². The Morgan fingerprint density at radius 1 is 1.23 bits per heavy atom. The molecule has 0 saturated heterocycles. The van der Waals surface area contributed by atoms with Crippen molar-refractivity contribution in [1.82, 2.24) is 4.98 Å². The lowest BCUT2D eigenvalue weighted by Crippen LogP contribution is -2.67. The largest absolute Gasteiger partial charge is 0.383 e. The summed E-state index contributed by atoms with van der Waals surface area (Å²) in [6.07, 6.45) is 6.42. The molecule has 0 aliphatic heterocycles. The highest BCUT2D eigenvalue weighted by Crippen LogP contribution is 2.71. The molecule has 0 unspecified atom stereocenters. The van der Waals surface area contributed by atoms with Gasteiger partial charge in [-0.2, -0.15) is 5.26 Å². The van der Waals surface area contributed by atoms with Gasteiger partial charge in [-0.25, -0.2) is 0 Å². The molecule has 0 radical (unpaired) electrons. The molecule has 2 aromatic rings. The van der Waals surface area contributed by atoms with Gasteiger partial charge in [0, 0.05) is 44.3 Å². The summed E-state index contributed by atoms with van der Waals surface area (Å²) >= 11 is 7.05. The smallest absolute Gasteiger partial charge is 0.119 e. The van der Waals surface area contributed by atoms with Crippen LogP contribution in [0, 0.1) is 28.1 Å². The van der Waals surface area contributed by atoms with Crippen LogP contribution in [-0.4, -0.2) is 15.5 Å². The lowest BCUT2D eigenvalue weighted by atomic mass is 9.41. The number of aromatic nitrogens is 1. The van der Waals surface area contributed by atoms with Gasteiger partial charge in [0.1, 0.15) is 11.0 Å². The Kier molecular flexibility index (Phi) is 3.60. The van der Waals surface area contributed by atoms with E-state index in [1.54, 1.807) is 6.08 Å². The zero-order chi connectivity index (χ0) is 21.9. The second-order valence-electron chi connectivity index (χ2n) is 10.8. The maximum atomic E-state index is 12.9. The van der Waals surface area contributed by atoms with Crippen molar-refractivity contribution in [3.05, 3.63) is 59.8 Å². The molecule has 1 aromatic carbocycles. The molecule has 1 aromatic heterocycles. The topological polar surface area (TPSA) is 59.8 Å². The van der Waals surface area contributed by atoms with Gasteiger partial charge in [0.2, 0.25) is 0 Å². The number of hydrogen-bond donors (Lipinski definition) is 2. The first kappa shape index (κ1) is 19.9. The van der Waals surface area contributed by atoms with Gasteiger partial charge < -0.3 is 10.1 Å². The molecule has 156 valence electrons. The molecule has 3 nitrogen and oxygen atoms in total. The lowest BCUT2D eigenvalue weighted by Gasteiger charge is -2.64. The van der Waals surface area contributed by atoms with E-state index < -0.39 is 16.4 Å². The van der Waals surface area contributed by atoms with Crippen molar-refractivity contribution < 1.29 is 5.11 Å². The minimum absolute atomic E-state index is 0.216. The Bertz CT molecular complexity index is 1180. The van der Waals surface area contributed by atoms with Gasteiger partial charge >= 0.3 is 0 Å². The van der Waals surface area contributed by atoms with Crippen molar-refractivity contribution in [2.75, 3.05) is 0 Å². The molecule has 0 spiro atoms. The number of benzene rings is 1. The number of nitriles is 1. The number of halogens is 1. The van der Waals surface area contributed by atoms with E-state index in [-0.39, 0.29) is 22.1 Å². The van der Waals surface area contributed by atoms with Crippen LogP contribution in [-0.2, 0) is 16.4 Å². The van der Waals surface area contributed by atoms with Gasteiger partial charge in [-0.3, -0.25) is 0 Å². The van der Waals surface area contributed by atoms with E-state index in [1.807, 2.05) is 13.0 Å². The maximum Gasteiger partial charge on any atom is 0.119 e. The number of nitrogens with zero attached hydrogens (tertiary/aromatic N) is 1. The average molecular weight is 421 g/mol. The van der Waals surface area contributed by atoms with Gasteiger partial charge in [-0.15, -0.1) is 18.2 Å². The Hall–Kier alpha value is -2.02. The van der Waals surface area contributed by atoms with Crippen molar-refractivity contribution in [1.29, 1.82) is 5.26 Å². The van der Waals surface area contributed by atoms with Crippen LogP contribution in [0.25, 0.3) is 10.9 Å². The van der Waals surface area contributed by atoms with Crippen molar-refractivity contribution in [2.24, 2.45) is 16.7 Å². The van der Waals surface area contributed by atoms with Gasteiger partial charge in [0.25, 0.3) is 0 Å². The molecule has 3 aliphatic rings. The van der Waals surface area contributed by atoms with Crippen molar-refractivity contribution in [3.63, 3.8) is 0 Å². The zero-order valence-corrected chi connectivity index (χ0v) is 19.1. The van der Waals surface area contributed by atoms with Crippen LogP contribution in [0.4, 0.5) is 0 Å². The zero-order valence-electron chi connectivity index (χ0n) is 18.3. The van der Waals surface area contributed by atoms with Crippen LogP contribution in [0.3, 0.4) is 0 Å². The van der Waals surface area contributed by atoms with Crippen LogP contribution in [0.5, 0.6) is 0 Å². The molecule has 0 amide bonds. The highest BCUT2D eigenvalue weighted by atomic mass is 35.5. The summed E-state index contributed by atoms with van der Waals surface area (Å²) in [5, 5.41) is 24.5. The van der Waals surface area contributed by atoms with E-state index in [1.165, 1.54) is 5.56 Å². The Balaban J connectivity index is 2.08. The molecule has 1 saturated carbocycles. The molecule has 3 aliphatic carbocycles. The first-order valence-electron chi connectivity index (χ1n) is 10.7. The number of hydrogen-bond acceptors (Lipinski definition) is 2. The monoisotopic (exact) mass is 420 g/mol. The first-order chi connectivity index (χ1) is 13.9. The van der Waals surface area contributed by atoms with Gasteiger partial charge in [-0.1, -0.05) is 65.0 Å². The normalized spacial score (nSPS) is 39.9. The standard InChI is InChI=1S/C26H29ClN2O/c1-7-24(6)18(27)13-17-23(4,5)15-9-8-10-16-19(15)20-21(29-16)22(2,3)11-12-25(24,14-28)26(17,20)30/h7-12,17-18,29-30H,1,13H2,2-6H3/t17-,18-,24+,25+,26-/m1/s1. The highest BCUT2D eigenvalue weighted by molar-refractivity contribution is 6.21. The summed E-state index contributed by atoms with van der Waals surface area (Å²) in [5.74, 6) is -0.216. The minimum atomic E-state index is -1.40. The SMILES string of the molecule is C=C[C@@]1(C)[C@H](Cl)C[C@@H]2C(C)(C)c3cccc4[nH]c5c(c34)[C@@]2(O)[C@]1(C#N)C=CC5(C)C. The predicted molar refractivity (Wildman–Crippen MR) is 121 cm³/mol. The molecule has 30 heavy (non-hydrogen) atoms. The number of nitrogens with one attached hydrogen (secondary N) is 1. The van der Waals surface area contributed by atoms with Crippen LogP contribution >= 0.6 is 11.6 Å². The molecular formula is C26H29ClN2O. The number of allylic oxidation sites excluding steroid dienone is 2. The Morgan fingerprint density at radius 3 is 2.57 bits per heavy atom.